The molecular formula is C29H29F2N7O3. The molecule has 0 radical (unpaired) electrons. The lowest BCUT2D eigenvalue weighted by atomic mass is 9.85. The standard InChI is InChI=1S/C29H29F2N7O3/c1-29(15-41-16-29)28(40)37-11-2-3-20(14-37)26-36-22(23-25(32)33-10-12-38(23)26)17-4-6-18(7-5-17)27(39)35-21-9-8-19(13-34-21)24(30)31/h4-10,12-13,20,24H,2-3,11,14-16H2,1H3,(H2,32,33)(H,34,35,39)/t20-/m1/s1. The van der Waals surface area contributed by atoms with E-state index in [9.17, 15) is 18.4 Å². The van der Waals surface area contributed by atoms with E-state index < -0.39 is 17.7 Å². The van der Waals surface area contributed by atoms with E-state index in [2.05, 4.69) is 15.3 Å². The maximum absolute atomic E-state index is 13.2. The van der Waals surface area contributed by atoms with Crippen molar-refractivity contribution < 1.29 is 23.1 Å². The molecule has 2 aliphatic rings. The van der Waals surface area contributed by atoms with E-state index in [4.69, 9.17) is 15.5 Å². The Morgan fingerprint density at radius 3 is 2.59 bits per heavy atom. The van der Waals surface area contributed by atoms with Crippen LogP contribution in [0.15, 0.2) is 55.0 Å². The number of halogens is 2. The molecular weight excluding hydrogens is 532 g/mol. The number of aromatic nitrogens is 4. The zero-order chi connectivity index (χ0) is 28.7. The second-order valence-electron chi connectivity index (χ2n) is 10.8. The van der Waals surface area contributed by atoms with Gasteiger partial charge in [0.2, 0.25) is 5.91 Å². The predicted molar refractivity (Wildman–Crippen MR) is 147 cm³/mol. The molecule has 0 spiro atoms. The molecule has 1 atom stereocenters. The molecule has 1 aromatic carbocycles. The number of ether oxygens (including phenoxy) is 1. The van der Waals surface area contributed by atoms with Crippen molar-refractivity contribution in [3.8, 4) is 11.3 Å². The van der Waals surface area contributed by atoms with Crippen LogP contribution >= 0.6 is 0 Å². The fraction of sp³-hybridized carbons (Fsp3) is 0.345. The Kier molecular flexibility index (Phi) is 6.86. The van der Waals surface area contributed by atoms with Crippen molar-refractivity contribution in [3.63, 3.8) is 0 Å². The number of imidazole rings is 1. The fourth-order valence-corrected chi connectivity index (χ4v) is 5.44. The lowest BCUT2D eigenvalue weighted by Crippen LogP contribution is -2.55. The van der Waals surface area contributed by atoms with Crippen molar-refractivity contribution >= 4 is 29.0 Å². The van der Waals surface area contributed by atoms with Crippen molar-refractivity contribution in [2.45, 2.75) is 32.1 Å². The third-order valence-corrected chi connectivity index (χ3v) is 7.74. The van der Waals surface area contributed by atoms with E-state index in [0.717, 1.165) is 30.4 Å². The van der Waals surface area contributed by atoms with Crippen molar-refractivity contribution in [1.29, 1.82) is 0 Å². The first kappa shape index (κ1) is 26.8. The number of piperidine rings is 1. The third kappa shape index (κ3) is 4.99. The molecule has 10 nitrogen and oxygen atoms in total. The average Bonchev–Trinajstić information content (AvgIpc) is 3.37. The van der Waals surface area contributed by atoms with Crippen LogP contribution in [0.4, 0.5) is 20.4 Å². The van der Waals surface area contributed by atoms with E-state index in [1.165, 1.54) is 12.1 Å². The molecule has 3 aromatic heterocycles. The maximum atomic E-state index is 13.2. The first-order chi connectivity index (χ1) is 19.7. The molecule has 4 aromatic rings. The number of amides is 2. The first-order valence-electron chi connectivity index (χ1n) is 13.4. The number of nitrogens with two attached hydrogens (primary N) is 1. The molecule has 41 heavy (non-hydrogen) atoms. The Balaban J connectivity index is 1.25. The highest BCUT2D eigenvalue weighted by molar-refractivity contribution is 6.04. The highest BCUT2D eigenvalue weighted by Gasteiger charge is 2.44. The Hall–Kier alpha value is -4.45. The van der Waals surface area contributed by atoms with E-state index >= 15 is 0 Å². The zero-order valence-electron chi connectivity index (χ0n) is 22.4. The van der Waals surface area contributed by atoms with Gasteiger partial charge in [-0.05, 0) is 44.0 Å². The van der Waals surface area contributed by atoms with Crippen molar-refractivity contribution in [2.24, 2.45) is 5.41 Å². The number of alkyl halides is 2. The minimum Gasteiger partial charge on any atom is -0.382 e. The van der Waals surface area contributed by atoms with Crippen LogP contribution < -0.4 is 11.1 Å². The number of benzene rings is 1. The van der Waals surface area contributed by atoms with Crippen LogP contribution in [0.25, 0.3) is 16.8 Å². The van der Waals surface area contributed by atoms with Gasteiger partial charge < -0.3 is 20.7 Å². The smallest absolute Gasteiger partial charge is 0.265 e. The third-order valence-electron chi connectivity index (χ3n) is 7.74. The van der Waals surface area contributed by atoms with Gasteiger partial charge in [0.05, 0.1) is 18.6 Å². The highest BCUT2D eigenvalue weighted by Crippen LogP contribution is 2.36. The average molecular weight is 562 g/mol. The van der Waals surface area contributed by atoms with Gasteiger partial charge >= 0.3 is 0 Å². The maximum Gasteiger partial charge on any atom is 0.265 e. The van der Waals surface area contributed by atoms with Gasteiger partial charge in [-0.25, -0.2) is 23.7 Å². The largest absolute Gasteiger partial charge is 0.382 e. The van der Waals surface area contributed by atoms with Gasteiger partial charge in [-0.3, -0.25) is 14.0 Å². The number of likely N-dealkylation sites (tertiary alicyclic amines) is 1. The molecule has 5 heterocycles. The van der Waals surface area contributed by atoms with Crippen LogP contribution in [0.2, 0.25) is 0 Å². The summed E-state index contributed by atoms with van der Waals surface area (Å²) < 4.78 is 32.8. The van der Waals surface area contributed by atoms with Gasteiger partial charge in [-0.15, -0.1) is 0 Å². The van der Waals surface area contributed by atoms with Crippen molar-refractivity contribution in [3.05, 3.63) is 71.9 Å². The Morgan fingerprint density at radius 1 is 1.15 bits per heavy atom. The number of hydrogen-bond donors (Lipinski definition) is 2. The summed E-state index contributed by atoms with van der Waals surface area (Å²) in [6, 6.07) is 9.40. The monoisotopic (exact) mass is 561 g/mol. The normalized spacial score (nSPS) is 18.3. The number of pyridine rings is 1. The summed E-state index contributed by atoms with van der Waals surface area (Å²) in [4.78, 5) is 41.0. The summed E-state index contributed by atoms with van der Waals surface area (Å²) in [6.45, 7) is 4.10. The minimum atomic E-state index is -2.63. The molecule has 0 bridgehead atoms. The molecule has 0 unspecified atom stereocenters. The predicted octanol–water partition coefficient (Wildman–Crippen LogP) is 4.31. The van der Waals surface area contributed by atoms with Crippen LogP contribution in [0.5, 0.6) is 0 Å². The lowest BCUT2D eigenvalue weighted by Gasteiger charge is -2.42. The van der Waals surface area contributed by atoms with E-state index in [0.29, 0.717) is 48.9 Å². The second kappa shape index (κ2) is 10.5. The van der Waals surface area contributed by atoms with E-state index in [-0.39, 0.29) is 23.2 Å². The van der Waals surface area contributed by atoms with Gasteiger partial charge in [0.25, 0.3) is 12.3 Å². The molecule has 2 amide bonds. The lowest BCUT2D eigenvalue weighted by molar-refractivity contribution is -0.169. The number of nitrogens with one attached hydrogen (secondary N) is 1. The molecule has 2 fully saturated rings. The van der Waals surface area contributed by atoms with Crippen LogP contribution in [-0.2, 0) is 9.53 Å². The topological polar surface area (TPSA) is 128 Å². The first-order valence-corrected chi connectivity index (χ1v) is 13.4. The molecule has 12 heteroatoms. The number of anilines is 2. The van der Waals surface area contributed by atoms with Crippen LogP contribution in [0, 0.1) is 5.41 Å². The van der Waals surface area contributed by atoms with Crippen LogP contribution in [0.3, 0.4) is 0 Å². The minimum absolute atomic E-state index is 0.00866. The Morgan fingerprint density at radius 2 is 1.93 bits per heavy atom. The number of carbonyl (C=O) groups excluding carboxylic acids is 2. The summed E-state index contributed by atoms with van der Waals surface area (Å²) in [7, 11) is 0. The zero-order valence-corrected chi connectivity index (χ0v) is 22.4. The molecule has 0 saturated carbocycles. The number of hydrogen-bond acceptors (Lipinski definition) is 7. The molecule has 2 aliphatic heterocycles. The number of carbonyl (C=O) groups is 2. The molecule has 212 valence electrons. The van der Waals surface area contributed by atoms with Gasteiger partial charge in [-0.2, -0.15) is 0 Å². The summed E-state index contributed by atoms with van der Waals surface area (Å²) in [5.74, 6) is 0.994. The Bertz CT molecular complexity index is 1600. The van der Waals surface area contributed by atoms with Gasteiger partial charge in [0, 0.05) is 54.3 Å². The molecule has 2 saturated heterocycles. The number of nitrogens with zero attached hydrogens (tertiary/aromatic N) is 5. The van der Waals surface area contributed by atoms with Crippen LogP contribution in [-0.4, -0.2) is 62.4 Å². The van der Waals surface area contributed by atoms with Gasteiger partial charge in [0.1, 0.15) is 28.7 Å². The Labute approximate surface area is 234 Å². The molecule has 0 aliphatic carbocycles. The van der Waals surface area contributed by atoms with Crippen LogP contribution in [0.1, 0.15) is 53.9 Å². The molecule has 6 rings (SSSR count). The summed E-state index contributed by atoms with van der Waals surface area (Å²) in [5.41, 5.74) is 8.03. The number of fused-ring (bicyclic) bond motifs is 1. The second-order valence-corrected chi connectivity index (χ2v) is 10.8. The quantitative estimate of drug-likeness (QED) is 0.359. The number of rotatable bonds is 6. The SMILES string of the molecule is CC1(C(=O)N2CCC[C@@H](c3nc(-c4ccc(C(=O)Nc5ccc(C(F)F)cn5)cc4)c4c(N)nccn34)C2)COC1. The summed E-state index contributed by atoms with van der Waals surface area (Å²) in [6.07, 6.45) is 3.60. The summed E-state index contributed by atoms with van der Waals surface area (Å²) in [5, 5.41) is 2.62. The van der Waals surface area contributed by atoms with Crippen molar-refractivity contribution in [2.75, 3.05) is 37.4 Å². The highest BCUT2D eigenvalue weighted by atomic mass is 19.3. The van der Waals surface area contributed by atoms with E-state index in [1.54, 1.807) is 30.5 Å². The van der Waals surface area contributed by atoms with Crippen molar-refractivity contribution in [1.82, 2.24) is 24.3 Å². The fourth-order valence-electron chi connectivity index (χ4n) is 5.44. The van der Waals surface area contributed by atoms with Gasteiger partial charge in [-0.1, -0.05) is 12.1 Å². The van der Waals surface area contributed by atoms with E-state index in [1.807, 2.05) is 22.4 Å². The summed E-state index contributed by atoms with van der Waals surface area (Å²) >= 11 is 0. The van der Waals surface area contributed by atoms with Gasteiger partial charge in [0.15, 0.2) is 0 Å². The number of nitrogen functional groups attached to an aromatic ring is 1. The molecule has 3 N–H and O–H groups in total.